The predicted molar refractivity (Wildman–Crippen MR) is 63.0 cm³/mol. The quantitative estimate of drug-likeness (QED) is 0.573. The topological polar surface area (TPSA) is 0 Å². The van der Waals surface area contributed by atoms with E-state index in [1.807, 2.05) is 6.08 Å². The molecule has 0 aliphatic heterocycles. The molecule has 0 amide bonds. The summed E-state index contributed by atoms with van der Waals surface area (Å²) in [6.45, 7) is 4.51. The van der Waals surface area contributed by atoms with Crippen LogP contribution < -0.4 is 0 Å². The lowest BCUT2D eigenvalue weighted by Gasteiger charge is -2.08. The Bertz CT molecular complexity index is 217. The van der Waals surface area contributed by atoms with Crippen LogP contribution >= 0.6 is 0 Å². The van der Waals surface area contributed by atoms with E-state index in [4.69, 9.17) is 0 Å². The lowest BCUT2D eigenvalue weighted by atomic mass is 9.98. The lowest BCUT2D eigenvalue weighted by Crippen LogP contribution is -1.89. The molecule has 0 bridgehead atoms. The minimum atomic E-state index is 1.26. The highest BCUT2D eigenvalue weighted by Crippen LogP contribution is 2.22. The molecule has 1 radical (unpaired) electrons. The number of allylic oxidation sites excluding steroid dienone is 6. The van der Waals surface area contributed by atoms with Crippen LogP contribution in [-0.2, 0) is 0 Å². The predicted octanol–water partition coefficient (Wildman–Crippen LogP) is 4.59. The maximum atomic E-state index is 3.32. The van der Waals surface area contributed by atoms with E-state index in [0.717, 1.165) is 0 Å². The van der Waals surface area contributed by atoms with E-state index in [0.29, 0.717) is 0 Å². The summed E-state index contributed by atoms with van der Waals surface area (Å²) in [6, 6.07) is 0. The minimum Gasteiger partial charge on any atom is -0.0654 e. The highest BCUT2D eigenvalue weighted by molar-refractivity contribution is 5.39. The van der Waals surface area contributed by atoms with Crippen LogP contribution in [0.4, 0.5) is 0 Å². The molecule has 0 saturated carbocycles. The Morgan fingerprint density at radius 3 is 2.21 bits per heavy atom. The first-order valence-electron chi connectivity index (χ1n) is 5.87. The van der Waals surface area contributed by atoms with E-state index >= 15 is 0 Å². The molecule has 0 unspecified atom stereocenters. The van der Waals surface area contributed by atoms with E-state index in [9.17, 15) is 0 Å². The molecule has 0 heteroatoms. The van der Waals surface area contributed by atoms with Crippen LogP contribution in [0.25, 0.3) is 0 Å². The monoisotopic (exact) mass is 189 g/mol. The fourth-order valence-electron chi connectivity index (χ4n) is 1.72. The summed E-state index contributed by atoms with van der Waals surface area (Å²) < 4.78 is 0. The molecule has 77 valence electrons. The SMILES string of the molecule is CCCCC(CCCC)=C1[C]=CC=C1. The van der Waals surface area contributed by atoms with Gasteiger partial charge >= 0.3 is 0 Å². The molecule has 0 aromatic rings. The normalized spacial score (nSPS) is 14.0. The second kappa shape index (κ2) is 6.64. The molecular weight excluding hydrogens is 168 g/mol. The van der Waals surface area contributed by atoms with Gasteiger partial charge in [0.15, 0.2) is 0 Å². The van der Waals surface area contributed by atoms with Crippen LogP contribution in [0.15, 0.2) is 29.4 Å². The standard InChI is InChI=1S/C14H21/c1-3-5-9-13(10-6-4-2)14-11-7-8-12-14/h7-8,11H,3-6,9-10H2,1-2H3. The number of hydrogen-bond acceptors (Lipinski definition) is 0. The second-order valence-corrected chi connectivity index (χ2v) is 3.89. The molecule has 14 heavy (non-hydrogen) atoms. The van der Waals surface area contributed by atoms with Gasteiger partial charge in [-0.15, -0.1) is 0 Å². The molecule has 0 spiro atoms. The lowest BCUT2D eigenvalue weighted by molar-refractivity contribution is 0.709. The average Bonchev–Trinajstić information content (AvgIpc) is 2.71. The summed E-state index contributed by atoms with van der Waals surface area (Å²) in [5, 5.41) is 0. The molecule has 0 aromatic heterocycles. The molecule has 1 aliphatic carbocycles. The van der Waals surface area contributed by atoms with Crippen molar-refractivity contribution in [2.75, 3.05) is 0 Å². The zero-order valence-electron chi connectivity index (χ0n) is 9.47. The van der Waals surface area contributed by atoms with Crippen molar-refractivity contribution in [3.63, 3.8) is 0 Å². The first-order valence-corrected chi connectivity index (χ1v) is 5.87. The van der Waals surface area contributed by atoms with Crippen molar-refractivity contribution in [1.82, 2.24) is 0 Å². The van der Waals surface area contributed by atoms with Crippen molar-refractivity contribution in [3.05, 3.63) is 35.5 Å². The van der Waals surface area contributed by atoms with E-state index in [-0.39, 0.29) is 0 Å². The Balaban J connectivity index is 2.56. The van der Waals surface area contributed by atoms with Crippen molar-refractivity contribution >= 4 is 0 Å². The molecule has 1 rings (SSSR count). The summed E-state index contributed by atoms with van der Waals surface area (Å²) in [5.74, 6) is 0. The Kier molecular flexibility index (Phi) is 5.36. The van der Waals surface area contributed by atoms with Crippen molar-refractivity contribution in [1.29, 1.82) is 0 Å². The van der Waals surface area contributed by atoms with E-state index in [1.54, 1.807) is 5.57 Å². The van der Waals surface area contributed by atoms with Gasteiger partial charge in [0, 0.05) is 0 Å². The highest BCUT2D eigenvalue weighted by Gasteiger charge is 2.04. The van der Waals surface area contributed by atoms with Gasteiger partial charge in [0.1, 0.15) is 0 Å². The molecule has 1 aliphatic rings. The third-order valence-electron chi connectivity index (χ3n) is 2.64. The molecule has 0 saturated heterocycles. The first kappa shape index (κ1) is 11.3. The first-order chi connectivity index (χ1) is 6.88. The van der Waals surface area contributed by atoms with Gasteiger partial charge in [-0.1, -0.05) is 50.5 Å². The van der Waals surface area contributed by atoms with Gasteiger partial charge in [-0.25, -0.2) is 0 Å². The van der Waals surface area contributed by atoms with Gasteiger partial charge in [-0.3, -0.25) is 0 Å². The van der Waals surface area contributed by atoms with E-state index in [1.165, 1.54) is 44.1 Å². The molecule has 0 heterocycles. The third-order valence-corrected chi connectivity index (χ3v) is 2.64. The minimum absolute atomic E-state index is 1.26. The molecule has 0 nitrogen and oxygen atoms in total. The van der Waals surface area contributed by atoms with Crippen LogP contribution in [0.3, 0.4) is 0 Å². The van der Waals surface area contributed by atoms with Crippen molar-refractivity contribution in [3.8, 4) is 0 Å². The zero-order valence-corrected chi connectivity index (χ0v) is 9.47. The van der Waals surface area contributed by atoms with Gasteiger partial charge in [0.25, 0.3) is 0 Å². The van der Waals surface area contributed by atoms with Gasteiger partial charge in [0.2, 0.25) is 0 Å². The van der Waals surface area contributed by atoms with Gasteiger partial charge in [-0.05, 0) is 37.3 Å². The molecule has 0 fully saturated rings. The Labute approximate surface area is 88.4 Å². The number of unbranched alkanes of at least 4 members (excludes halogenated alkanes) is 2. The van der Waals surface area contributed by atoms with Crippen LogP contribution in [0.1, 0.15) is 52.4 Å². The van der Waals surface area contributed by atoms with E-state index in [2.05, 4.69) is 32.1 Å². The largest absolute Gasteiger partial charge is 0.0654 e. The summed E-state index contributed by atoms with van der Waals surface area (Å²) in [6.07, 6.45) is 17.4. The summed E-state index contributed by atoms with van der Waals surface area (Å²) in [7, 11) is 0. The number of hydrogen-bond donors (Lipinski definition) is 0. The Morgan fingerprint density at radius 1 is 1.14 bits per heavy atom. The molecular formula is C14H21. The Hall–Kier alpha value is -0.780. The van der Waals surface area contributed by atoms with Crippen molar-refractivity contribution in [2.24, 2.45) is 0 Å². The van der Waals surface area contributed by atoms with Crippen LogP contribution in [0, 0.1) is 6.08 Å². The van der Waals surface area contributed by atoms with Crippen molar-refractivity contribution in [2.45, 2.75) is 52.4 Å². The van der Waals surface area contributed by atoms with Gasteiger partial charge < -0.3 is 0 Å². The molecule has 0 aromatic carbocycles. The average molecular weight is 189 g/mol. The maximum Gasteiger partial charge on any atom is -0.0106 e. The second-order valence-electron chi connectivity index (χ2n) is 3.89. The number of rotatable bonds is 6. The van der Waals surface area contributed by atoms with E-state index < -0.39 is 0 Å². The maximum absolute atomic E-state index is 3.32. The smallest absolute Gasteiger partial charge is 0.0106 e. The fraction of sp³-hybridized carbons (Fsp3) is 0.571. The van der Waals surface area contributed by atoms with Crippen LogP contribution in [0.5, 0.6) is 0 Å². The fourth-order valence-corrected chi connectivity index (χ4v) is 1.72. The van der Waals surface area contributed by atoms with Gasteiger partial charge in [0.05, 0.1) is 0 Å². The van der Waals surface area contributed by atoms with Crippen LogP contribution in [0.2, 0.25) is 0 Å². The van der Waals surface area contributed by atoms with Gasteiger partial charge in [-0.2, -0.15) is 0 Å². The summed E-state index contributed by atoms with van der Waals surface area (Å²) >= 11 is 0. The third kappa shape index (κ3) is 3.53. The van der Waals surface area contributed by atoms with Crippen molar-refractivity contribution < 1.29 is 0 Å². The summed E-state index contributed by atoms with van der Waals surface area (Å²) in [4.78, 5) is 0. The van der Waals surface area contributed by atoms with Crippen LogP contribution in [-0.4, -0.2) is 0 Å². The highest BCUT2D eigenvalue weighted by atomic mass is 14.1. The molecule has 0 atom stereocenters. The summed E-state index contributed by atoms with van der Waals surface area (Å²) in [5.41, 5.74) is 2.96. The molecule has 0 N–H and O–H groups in total. The zero-order chi connectivity index (χ0) is 10.2. The Morgan fingerprint density at radius 2 is 1.79 bits per heavy atom.